The van der Waals surface area contributed by atoms with Gasteiger partial charge in [-0.1, -0.05) is 0 Å². The van der Waals surface area contributed by atoms with Gasteiger partial charge in [0, 0.05) is 39.6 Å². The van der Waals surface area contributed by atoms with Gasteiger partial charge in [-0.2, -0.15) is 0 Å². The Labute approximate surface area is 106 Å². The van der Waals surface area contributed by atoms with Gasteiger partial charge in [-0.25, -0.2) is 4.79 Å². The van der Waals surface area contributed by atoms with E-state index in [4.69, 9.17) is 5.11 Å². The van der Waals surface area contributed by atoms with E-state index >= 15 is 0 Å². The summed E-state index contributed by atoms with van der Waals surface area (Å²) >= 11 is 0. The molecule has 2 N–H and O–H groups in total. The van der Waals surface area contributed by atoms with E-state index in [1.165, 1.54) is 6.92 Å². The highest BCUT2D eigenvalue weighted by molar-refractivity contribution is 5.76. The number of urea groups is 1. The van der Waals surface area contributed by atoms with Crippen LogP contribution in [0.2, 0.25) is 0 Å². The lowest BCUT2D eigenvalue weighted by atomic mass is 10.4. The van der Waals surface area contributed by atoms with Crippen molar-refractivity contribution in [3.05, 3.63) is 0 Å². The first-order chi connectivity index (χ1) is 8.50. The molecule has 1 fully saturated rings. The quantitative estimate of drug-likeness (QED) is 0.728. The summed E-state index contributed by atoms with van der Waals surface area (Å²) in [5.41, 5.74) is 0. The Kier molecular flexibility index (Phi) is 5.41. The molecule has 7 nitrogen and oxygen atoms in total. The van der Waals surface area contributed by atoms with E-state index in [1.807, 2.05) is 0 Å². The Hall–Kier alpha value is -1.79. The molecule has 1 aliphatic heterocycles. The molecule has 0 aliphatic carbocycles. The van der Waals surface area contributed by atoms with Crippen LogP contribution in [-0.4, -0.2) is 65.5 Å². The third-order valence-corrected chi connectivity index (χ3v) is 2.84. The third kappa shape index (κ3) is 4.60. The van der Waals surface area contributed by atoms with Gasteiger partial charge in [-0.15, -0.1) is 0 Å². The van der Waals surface area contributed by atoms with Gasteiger partial charge in [0.05, 0.1) is 6.42 Å². The fourth-order valence-corrected chi connectivity index (χ4v) is 1.82. The molecule has 0 aromatic heterocycles. The number of amides is 3. The number of carbonyl (C=O) groups is 3. The van der Waals surface area contributed by atoms with E-state index in [9.17, 15) is 14.4 Å². The predicted octanol–water partition coefficient (Wildman–Crippen LogP) is -0.275. The Bertz CT molecular complexity index is 332. The molecule has 1 aliphatic rings. The molecule has 0 spiro atoms. The molecule has 0 radical (unpaired) electrons. The largest absolute Gasteiger partial charge is 0.481 e. The Morgan fingerprint density at radius 2 is 1.72 bits per heavy atom. The lowest BCUT2D eigenvalue weighted by molar-refractivity contribution is -0.136. The molecular formula is C11H19N3O4. The SMILES string of the molecule is CC(=O)N1CCCN(C(=O)NCCC(=O)O)CC1. The minimum Gasteiger partial charge on any atom is -0.481 e. The van der Waals surface area contributed by atoms with Crippen molar-refractivity contribution in [3.63, 3.8) is 0 Å². The van der Waals surface area contributed by atoms with Crippen LogP contribution in [0.3, 0.4) is 0 Å². The van der Waals surface area contributed by atoms with Crippen molar-refractivity contribution in [2.75, 3.05) is 32.7 Å². The highest BCUT2D eigenvalue weighted by Crippen LogP contribution is 2.03. The number of carboxylic acids is 1. The van der Waals surface area contributed by atoms with Crippen LogP contribution in [-0.2, 0) is 9.59 Å². The molecule has 1 heterocycles. The van der Waals surface area contributed by atoms with Crippen molar-refractivity contribution < 1.29 is 19.5 Å². The molecule has 18 heavy (non-hydrogen) atoms. The van der Waals surface area contributed by atoms with E-state index in [1.54, 1.807) is 9.80 Å². The van der Waals surface area contributed by atoms with Gasteiger partial charge >= 0.3 is 12.0 Å². The highest BCUT2D eigenvalue weighted by atomic mass is 16.4. The first-order valence-electron chi connectivity index (χ1n) is 6.01. The first kappa shape index (κ1) is 14.3. The zero-order valence-corrected chi connectivity index (χ0v) is 10.5. The number of aliphatic carboxylic acids is 1. The smallest absolute Gasteiger partial charge is 0.317 e. The molecule has 0 saturated carbocycles. The van der Waals surface area contributed by atoms with Gasteiger partial charge in [0.15, 0.2) is 0 Å². The Morgan fingerprint density at radius 1 is 1.11 bits per heavy atom. The monoisotopic (exact) mass is 257 g/mol. The zero-order chi connectivity index (χ0) is 13.5. The average molecular weight is 257 g/mol. The second-order valence-corrected chi connectivity index (χ2v) is 4.22. The van der Waals surface area contributed by atoms with Crippen molar-refractivity contribution in [2.24, 2.45) is 0 Å². The van der Waals surface area contributed by atoms with Gasteiger partial charge in [0.1, 0.15) is 0 Å². The Balaban J connectivity index is 2.35. The second kappa shape index (κ2) is 6.83. The molecule has 7 heteroatoms. The lowest BCUT2D eigenvalue weighted by Crippen LogP contribution is -2.43. The summed E-state index contributed by atoms with van der Waals surface area (Å²) in [6, 6.07) is -0.262. The molecule has 0 unspecified atom stereocenters. The van der Waals surface area contributed by atoms with Gasteiger partial charge in [-0.3, -0.25) is 9.59 Å². The van der Waals surface area contributed by atoms with Gasteiger partial charge in [0.25, 0.3) is 0 Å². The van der Waals surface area contributed by atoms with Crippen LogP contribution in [0.1, 0.15) is 19.8 Å². The van der Waals surface area contributed by atoms with E-state index in [0.29, 0.717) is 26.2 Å². The topological polar surface area (TPSA) is 90.0 Å². The molecular weight excluding hydrogens is 238 g/mol. The third-order valence-electron chi connectivity index (χ3n) is 2.84. The summed E-state index contributed by atoms with van der Waals surface area (Å²) in [5.74, 6) is -0.919. The van der Waals surface area contributed by atoms with Crippen LogP contribution in [0.25, 0.3) is 0 Å². The summed E-state index contributed by atoms with van der Waals surface area (Å²) in [6.45, 7) is 3.90. The molecule has 1 saturated heterocycles. The fourth-order valence-electron chi connectivity index (χ4n) is 1.82. The van der Waals surface area contributed by atoms with Crippen molar-refractivity contribution >= 4 is 17.9 Å². The number of rotatable bonds is 3. The van der Waals surface area contributed by atoms with Gasteiger partial charge in [0.2, 0.25) is 5.91 Å². The number of hydrogen-bond acceptors (Lipinski definition) is 3. The zero-order valence-electron chi connectivity index (χ0n) is 10.5. The molecule has 0 atom stereocenters. The van der Waals surface area contributed by atoms with Crippen LogP contribution < -0.4 is 5.32 Å². The van der Waals surface area contributed by atoms with Crippen LogP contribution in [0, 0.1) is 0 Å². The molecule has 1 rings (SSSR count). The summed E-state index contributed by atoms with van der Waals surface area (Å²) in [7, 11) is 0. The van der Waals surface area contributed by atoms with E-state index in [-0.39, 0.29) is 24.9 Å². The number of nitrogens with one attached hydrogen (secondary N) is 1. The summed E-state index contributed by atoms with van der Waals surface area (Å²) in [6.07, 6.45) is 0.658. The van der Waals surface area contributed by atoms with Crippen LogP contribution in [0.15, 0.2) is 0 Å². The number of carbonyl (C=O) groups excluding carboxylic acids is 2. The van der Waals surface area contributed by atoms with E-state index in [0.717, 1.165) is 6.42 Å². The van der Waals surface area contributed by atoms with E-state index in [2.05, 4.69) is 5.32 Å². The Morgan fingerprint density at radius 3 is 2.33 bits per heavy atom. The standard InChI is InChI=1S/C11H19N3O4/c1-9(15)13-5-2-6-14(8-7-13)11(18)12-4-3-10(16)17/h2-8H2,1H3,(H,12,18)(H,16,17). The van der Waals surface area contributed by atoms with Crippen LogP contribution in [0.5, 0.6) is 0 Å². The van der Waals surface area contributed by atoms with Gasteiger partial charge in [-0.05, 0) is 6.42 Å². The number of nitrogens with zero attached hydrogens (tertiary/aromatic N) is 2. The molecule has 0 aromatic carbocycles. The molecule has 0 aromatic rings. The second-order valence-electron chi connectivity index (χ2n) is 4.22. The van der Waals surface area contributed by atoms with Crippen LogP contribution in [0.4, 0.5) is 4.79 Å². The fraction of sp³-hybridized carbons (Fsp3) is 0.727. The van der Waals surface area contributed by atoms with Gasteiger partial charge < -0.3 is 20.2 Å². The predicted molar refractivity (Wildman–Crippen MR) is 64.1 cm³/mol. The summed E-state index contributed by atoms with van der Waals surface area (Å²) < 4.78 is 0. The van der Waals surface area contributed by atoms with Crippen LogP contribution >= 0.6 is 0 Å². The normalized spacial score (nSPS) is 16.1. The molecule has 102 valence electrons. The first-order valence-corrected chi connectivity index (χ1v) is 6.01. The number of hydrogen-bond donors (Lipinski definition) is 2. The minimum absolute atomic E-state index is 0.0168. The average Bonchev–Trinajstić information content (AvgIpc) is 2.53. The lowest BCUT2D eigenvalue weighted by Gasteiger charge is -2.21. The maximum atomic E-state index is 11.7. The van der Waals surface area contributed by atoms with Crippen molar-refractivity contribution in [2.45, 2.75) is 19.8 Å². The van der Waals surface area contributed by atoms with Crippen molar-refractivity contribution in [1.82, 2.24) is 15.1 Å². The highest BCUT2D eigenvalue weighted by Gasteiger charge is 2.19. The van der Waals surface area contributed by atoms with Crippen molar-refractivity contribution in [3.8, 4) is 0 Å². The van der Waals surface area contributed by atoms with E-state index < -0.39 is 5.97 Å². The summed E-state index contributed by atoms with van der Waals surface area (Å²) in [4.78, 5) is 36.6. The maximum absolute atomic E-state index is 11.7. The number of carboxylic acid groups (broad SMARTS) is 1. The summed E-state index contributed by atoms with van der Waals surface area (Å²) in [5, 5.41) is 11.0. The maximum Gasteiger partial charge on any atom is 0.317 e. The molecule has 0 bridgehead atoms. The molecule has 3 amide bonds. The van der Waals surface area contributed by atoms with Crippen molar-refractivity contribution in [1.29, 1.82) is 0 Å². The minimum atomic E-state index is -0.936.